The molecule has 1 saturated heterocycles. The molecule has 0 aliphatic carbocycles. The largest absolute Gasteiger partial charge is 0.377 e. The number of unbranched alkanes of at least 4 members (excludes halogenated alkanes) is 3. The lowest BCUT2D eigenvalue weighted by Crippen LogP contribution is -2.41. The summed E-state index contributed by atoms with van der Waals surface area (Å²) in [5, 5.41) is 3.39. The van der Waals surface area contributed by atoms with E-state index in [1.807, 2.05) is 6.08 Å². The molecule has 2 heteroatoms. The van der Waals surface area contributed by atoms with Crippen LogP contribution in [0.2, 0.25) is 0 Å². The summed E-state index contributed by atoms with van der Waals surface area (Å²) in [4.78, 5) is 0. The van der Waals surface area contributed by atoms with E-state index in [9.17, 15) is 0 Å². The van der Waals surface area contributed by atoms with Crippen molar-refractivity contribution in [2.45, 2.75) is 45.1 Å². The van der Waals surface area contributed by atoms with Crippen molar-refractivity contribution in [3.63, 3.8) is 0 Å². The summed E-state index contributed by atoms with van der Waals surface area (Å²) in [5.74, 6) is 0.722. The molecule has 88 valence electrons. The minimum Gasteiger partial charge on any atom is -0.377 e. The van der Waals surface area contributed by atoms with Gasteiger partial charge < -0.3 is 10.1 Å². The molecule has 0 aromatic heterocycles. The Labute approximate surface area is 94.1 Å². The van der Waals surface area contributed by atoms with E-state index >= 15 is 0 Å². The Kier molecular flexibility index (Phi) is 6.69. The fraction of sp³-hybridized carbons (Fsp3) is 0.846. The Balaban J connectivity index is 1.96. The van der Waals surface area contributed by atoms with Gasteiger partial charge in [-0.3, -0.25) is 0 Å². The first kappa shape index (κ1) is 12.7. The summed E-state index contributed by atoms with van der Waals surface area (Å²) < 4.78 is 5.89. The van der Waals surface area contributed by atoms with Crippen LogP contribution >= 0.6 is 0 Å². The fourth-order valence-corrected chi connectivity index (χ4v) is 1.99. The number of ether oxygens (including phenoxy) is 1. The molecule has 1 N–H and O–H groups in total. The Morgan fingerprint density at radius 1 is 1.40 bits per heavy atom. The number of nitrogens with one attached hydrogen (secondary N) is 1. The lowest BCUT2D eigenvalue weighted by atomic mass is 9.97. The maximum atomic E-state index is 5.89. The highest BCUT2D eigenvalue weighted by atomic mass is 16.5. The molecule has 1 aliphatic rings. The molecular formula is C13H25NO. The minimum absolute atomic E-state index is 0.443. The van der Waals surface area contributed by atoms with Gasteiger partial charge in [0.25, 0.3) is 0 Å². The van der Waals surface area contributed by atoms with Crippen LogP contribution in [0.1, 0.15) is 39.0 Å². The van der Waals surface area contributed by atoms with Crippen molar-refractivity contribution in [2.24, 2.45) is 5.92 Å². The van der Waals surface area contributed by atoms with Crippen LogP contribution in [0.5, 0.6) is 0 Å². The summed E-state index contributed by atoms with van der Waals surface area (Å²) in [6.07, 6.45) is 8.54. The number of piperidine rings is 1. The third kappa shape index (κ3) is 5.33. The summed E-state index contributed by atoms with van der Waals surface area (Å²) >= 11 is 0. The summed E-state index contributed by atoms with van der Waals surface area (Å²) in [6.45, 7) is 9.13. The van der Waals surface area contributed by atoms with Crippen molar-refractivity contribution in [3.8, 4) is 0 Å². The molecule has 2 unspecified atom stereocenters. The van der Waals surface area contributed by atoms with Crippen molar-refractivity contribution < 1.29 is 4.74 Å². The second kappa shape index (κ2) is 7.89. The predicted octanol–water partition coefficient (Wildman–Crippen LogP) is 2.75. The summed E-state index contributed by atoms with van der Waals surface area (Å²) in [5.41, 5.74) is 0. The van der Waals surface area contributed by atoms with Gasteiger partial charge >= 0.3 is 0 Å². The van der Waals surface area contributed by atoms with Crippen LogP contribution in [0, 0.1) is 5.92 Å². The van der Waals surface area contributed by atoms with Gasteiger partial charge in [-0.15, -0.1) is 6.58 Å². The molecule has 1 aliphatic heterocycles. The van der Waals surface area contributed by atoms with Gasteiger partial charge in [-0.05, 0) is 38.1 Å². The zero-order valence-electron chi connectivity index (χ0n) is 10.0. The third-order valence-corrected chi connectivity index (χ3v) is 3.14. The Morgan fingerprint density at radius 3 is 3.00 bits per heavy atom. The summed E-state index contributed by atoms with van der Waals surface area (Å²) in [6, 6.07) is 0. The first-order valence-electron chi connectivity index (χ1n) is 6.28. The van der Waals surface area contributed by atoms with E-state index in [2.05, 4.69) is 18.8 Å². The molecule has 0 bridgehead atoms. The monoisotopic (exact) mass is 211 g/mol. The molecule has 1 heterocycles. The second-order valence-electron chi connectivity index (χ2n) is 4.52. The van der Waals surface area contributed by atoms with Crippen LogP contribution in [-0.2, 0) is 4.74 Å². The van der Waals surface area contributed by atoms with Gasteiger partial charge in [-0.1, -0.05) is 19.4 Å². The smallest absolute Gasteiger partial charge is 0.0725 e. The van der Waals surface area contributed by atoms with Crippen LogP contribution in [0.3, 0.4) is 0 Å². The number of rotatable bonds is 7. The minimum atomic E-state index is 0.443. The Morgan fingerprint density at radius 2 is 2.27 bits per heavy atom. The molecule has 15 heavy (non-hydrogen) atoms. The summed E-state index contributed by atoms with van der Waals surface area (Å²) in [7, 11) is 0. The molecule has 0 radical (unpaired) electrons. The second-order valence-corrected chi connectivity index (χ2v) is 4.52. The van der Waals surface area contributed by atoms with Crippen molar-refractivity contribution in [3.05, 3.63) is 12.7 Å². The zero-order valence-corrected chi connectivity index (χ0v) is 10.0. The van der Waals surface area contributed by atoms with Gasteiger partial charge in [0.2, 0.25) is 0 Å². The topological polar surface area (TPSA) is 21.3 Å². The molecule has 1 rings (SSSR count). The van der Waals surface area contributed by atoms with Crippen molar-refractivity contribution >= 4 is 0 Å². The van der Waals surface area contributed by atoms with Crippen LogP contribution in [0.4, 0.5) is 0 Å². The maximum Gasteiger partial charge on any atom is 0.0725 e. The number of allylic oxidation sites excluding steroid dienone is 1. The van der Waals surface area contributed by atoms with E-state index in [0.29, 0.717) is 6.10 Å². The van der Waals surface area contributed by atoms with Crippen LogP contribution in [0.15, 0.2) is 12.7 Å². The molecular weight excluding hydrogens is 186 g/mol. The third-order valence-electron chi connectivity index (χ3n) is 3.14. The lowest BCUT2D eigenvalue weighted by Gasteiger charge is -2.29. The lowest BCUT2D eigenvalue weighted by molar-refractivity contribution is 0.00242. The Bertz CT molecular complexity index is 170. The van der Waals surface area contributed by atoms with Crippen LogP contribution in [0.25, 0.3) is 0 Å². The van der Waals surface area contributed by atoms with Gasteiger partial charge in [0.15, 0.2) is 0 Å². The van der Waals surface area contributed by atoms with Gasteiger partial charge in [0.05, 0.1) is 6.10 Å². The van der Waals surface area contributed by atoms with Crippen molar-refractivity contribution in [2.75, 3.05) is 19.7 Å². The van der Waals surface area contributed by atoms with Crippen LogP contribution < -0.4 is 5.32 Å². The van der Waals surface area contributed by atoms with Crippen LogP contribution in [-0.4, -0.2) is 25.8 Å². The van der Waals surface area contributed by atoms with Gasteiger partial charge in [0, 0.05) is 13.2 Å². The standard InChI is InChI=1S/C13H25NO/c1-3-4-5-6-7-10-15-13-11-14-9-8-12(13)2/h3,12-14H,1,4-11H2,2H3. The molecule has 1 fully saturated rings. The zero-order chi connectivity index (χ0) is 10.9. The SMILES string of the molecule is C=CCCCCCOC1CNCCC1C. The van der Waals surface area contributed by atoms with E-state index in [1.165, 1.54) is 25.7 Å². The Hall–Kier alpha value is -0.340. The molecule has 0 saturated carbocycles. The molecule has 2 atom stereocenters. The molecule has 0 aromatic carbocycles. The molecule has 0 aromatic rings. The first-order chi connectivity index (χ1) is 7.34. The van der Waals surface area contributed by atoms with Crippen molar-refractivity contribution in [1.29, 1.82) is 0 Å². The highest BCUT2D eigenvalue weighted by Crippen LogP contribution is 2.15. The predicted molar refractivity (Wildman–Crippen MR) is 65.1 cm³/mol. The normalized spacial score (nSPS) is 26.5. The van der Waals surface area contributed by atoms with E-state index in [1.54, 1.807) is 0 Å². The molecule has 0 spiro atoms. The average Bonchev–Trinajstić information content (AvgIpc) is 2.25. The van der Waals surface area contributed by atoms with E-state index in [0.717, 1.165) is 32.0 Å². The molecule has 2 nitrogen and oxygen atoms in total. The quantitative estimate of drug-likeness (QED) is 0.516. The fourth-order valence-electron chi connectivity index (χ4n) is 1.99. The van der Waals surface area contributed by atoms with E-state index < -0.39 is 0 Å². The molecule has 0 amide bonds. The van der Waals surface area contributed by atoms with Gasteiger partial charge in [0.1, 0.15) is 0 Å². The van der Waals surface area contributed by atoms with Crippen molar-refractivity contribution in [1.82, 2.24) is 5.32 Å². The highest BCUT2D eigenvalue weighted by Gasteiger charge is 2.20. The van der Waals surface area contributed by atoms with Gasteiger partial charge in [-0.2, -0.15) is 0 Å². The average molecular weight is 211 g/mol. The number of hydrogen-bond acceptors (Lipinski definition) is 2. The maximum absolute atomic E-state index is 5.89. The number of hydrogen-bond donors (Lipinski definition) is 1. The first-order valence-corrected chi connectivity index (χ1v) is 6.28. The van der Waals surface area contributed by atoms with Gasteiger partial charge in [-0.25, -0.2) is 0 Å². The highest BCUT2D eigenvalue weighted by molar-refractivity contribution is 4.75. The van der Waals surface area contributed by atoms with E-state index in [4.69, 9.17) is 4.74 Å². The van der Waals surface area contributed by atoms with E-state index in [-0.39, 0.29) is 0 Å².